The maximum atomic E-state index is 9.52. The Balaban J connectivity index is 1.67. The first kappa shape index (κ1) is 12.0. The number of benzene rings is 1. The molecule has 98 valence electrons. The Kier molecular flexibility index (Phi) is 3.27. The van der Waals surface area contributed by atoms with Crippen LogP contribution in [0.3, 0.4) is 0 Å². The highest BCUT2D eigenvalue weighted by Crippen LogP contribution is 2.29. The summed E-state index contributed by atoms with van der Waals surface area (Å²) in [5.74, 6) is 0.376. The van der Waals surface area contributed by atoms with E-state index >= 15 is 0 Å². The molecule has 0 amide bonds. The molecule has 18 heavy (non-hydrogen) atoms. The van der Waals surface area contributed by atoms with E-state index in [0.29, 0.717) is 5.75 Å². The lowest BCUT2D eigenvalue weighted by molar-refractivity contribution is 0.214. The molecule has 2 aliphatic rings. The molecule has 2 fully saturated rings. The van der Waals surface area contributed by atoms with Crippen molar-refractivity contribution < 1.29 is 5.11 Å². The zero-order chi connectivity index (χ0) is 12.5. The summed E-state index contributed by atoms with van der Waals surface area (Å²) in [6, 6.07) is 9.18. The third-order valence-electron chi connectivity index (χ3n) is 4.55. The van der Waals surface area contributed by atoms with Gasteiger partial charge in [-0.1, -0.05) is 12.1 Å². The van der Waals surface area contributed by atoms with Crippen LogP contribution in [0.15, 0.2) is 24.3 Å². The lowest BCUT2D eigenvalue weighted by Crippen LogP contribution is -2.36. The number of nitrogens with zero attached hydrogens (tertiary/aromatic N) is 2. The van der Waals surface area contributed by atoms with Gasteiger partial charge in [-0.25, -0.2) is 0 Å². The second-order valence-corrected chi connectivity index (χ2v) is 5.74. The summed E-state index contributed by atoms with van der Waals surface area (Å²) >= 11 is 0. The largest absolute Gasteiger partial charge is 0.508 e. The second-order valence-electron chi connectivity index (χ2n) is 5.74. The Morgan fingerprint density at radius 1 is 1.22 bits per heavy atom. The quantitative estimate of drug-likeness (QED) is 0.865. The summed E-state index contributed by atoms with van der Waals surface area (Å²) in [4.78, 5) is 5.11. The summed E-state index contributed by atoms with van der Waals surface area (Å²) in [5.41, 5.74) is 1.22. The molecular formula is C15H22N2O. The predicted molar refractivity (Wildman–Crippen MR) is 72.6 cm³/mol. The predicted octanol–water partition coefficient (Wildman–Crippen LogP) is 2.06. The molecule has 0 aliphatic carbocycles. The maximum Gasteiger partial charge on any atom is 0.115 e. The number of hydrogen-bond donors (Lipinski definition) is 1. The molecule has 0 spiro atoms. The van der Waals surface area contributed by atoms with Gasteiger partial charge in [0.1, 0.15) is 5.75 Å². The number of phenols is 1. The Morgan fingerprint density at radius 3 is 2.89 bits per heavy atom. The van der Waals surface area contributed by atoms with E-state index in [1.807, 2.05) is 12.1 Å². The number of hydrogen-bond acceptors (Lipinski definition) is 3. The number of rotatable bonds is 2. The van der Waals surface area contributed by atoms with Crippen molar-refractivity contribution in [2.45, 2.75) is 37.9 Å². The first-order chi connectivity index (χ1) is 8.72. The smallest absolute Gasteiger partial charge is 0.115 e. The van der Waals surface area contributed by atoms with E-state index in [1.54, 1.807) is 6.07 Å². The third-order valence-corrected chi connectivity index (χ3v) is 4.55. The number of likely N-dealkylation sites (N-methyl/N-ethyl adjacent to an activating group) is 1. The standard InChI is InChI=1S/C15H22N2O/c1-16-13-5-6-14(16)11-17(8-7-13)10-12-3-2-4-15(18)9-12/h2-4,9,13-14,18H,5-8,10-11H2,1H3. The van der Waals surface area contributed by atoms with Gasteiger partial charge in [0.05, 0.1) is 0 Å². The van der Waals surface area contributed by atoms with Crippen LogP contribution >= 0.6 is 0 Å². The molecule has 2 unspecified atom stereocenters. The monoisotopic (exact) mass is 246 g/mol. The van der Waals surface area contributed by atoms with Gasteiger partial charge >= 0.3 is 0 Å². The Morgan fingerprint density at radius 2 is 2.06 bits per heavy atom. The summed E-state index contributed by atoms with van der Waals surface area (Å²) in [6.07, 6.45) is 4.00. The molecule has 0 radical (unpaired) electrons. The number of aromatic hydroxyl groups is 1. The fourth-order valence-electron chi connectivity index (χ4n) is 3.44. The number of likely N-dealkylation sites (tertiary alicyclic amines) is 1. The lowest BCUT2D eigenvalue weighted by Gasteiger charge is -2.25. The zero-order valence-electron chi connectivity index (χ0n) is 11.0. The molecule has 2 bridgehead atoms. The first-order valence-electron chi connectivity index (χ1n) is 6.94. The van der Waals surface area contributed by atoms with E-state index in [9.17, 15) is 5.11 Å². The van der Waals surface area contributed by atoms with Gasteiger partial charge in [0.2, 0.25) is 0 Å². The van der Waals surface area contributed by atoms with Gasteiger partial charge in [-0.05, 0) is 44.0 Å². The van der Waals surface area contributed by atoms with Crippen molar-refractivity contribution in [2.75, 3.05) is 20.1 Å². The van der Waals surface area contributed by atoms with Crippen LogP contribution in [0.25, 0.3) is 0 Å². The van der Waals surface area contributed by atoms with Gasteiger partial charge in [-0.2, -0.15) is 0 Å². The Labute approximate surface area is 109 Å². The molecule has 0 aromatic heterocycles. The second kappa shape index (κ2) is 4.90. The van der Waals surface area contributed by atoms with Gasteiger partial charge in [-0.15, -0.1) is 0 Å². The topological polar surface area (TPSA) is 26.7 Å². The van der Waals surface area contributed by atoms with Gasteiger partial charge in [0, 0.05) is 31.7 Å². The molecule has 2 saturated heterocycles. The molecular weight excluding hydrogens is 224 g/mol. The number of fused-ring (bicyclic) bond motifs is 2. The average Bonchev–Trinajstić information content (AvgIpc) is 2.58. The van der Waals surface area contributed by atoms with Gasteiger partial charge in [0.15, 0.2) is 0 Å². The van der Waals surface area contributed by atoms with Crippen molar-refractivity contribution in [3.8, 4) is 5.75 Å². The summed E-state index contributed by atoms with van der Waals surface area (Å²) in [6.45, 7) is 3.31. The minimum Gasteiger partial charge on any atom is -0.508 e. The van der Waals surface area contributed by atoms with Crippen LogP contribution < -0.4 is 0 Å². The molecule has 2 aliphatic heterocycles. The van der Waals surface area contributed by atoms with Crippen LogP contribution in [0.5, 0.6) is 5.75 Å². The van der Waals surface area contributed by atoms with Crippen LogP contribution in [-0.2, 0) is 6.54 Å². The summed E-state index contributed by atoms with van der Waals surface area (Å²) in [7, 11) is 2.28. The molecule has 3 rings (SSSR count). The summed E-state index contributed by atoms with van der Waals surface area (Å²) < 4.78 is 0. The normalized spacial score (nSPS) is 29.4. The molecule has 1 N–H and O–H groups in total. The van der Waals surface area contributed by atoms with Gasteiger partial charge in [-0.3, -0.25) is 9.80 Å². The SMILES string of the molecule is CN1C2CCC1CN(Cc1cccc(O)c1)CC2. The van der Waals surface area contributed by atoms with E-state index in [4.69, 9.17) is 0 Å². The van der Waals surface area contributed by atoms with E-state index in [0.717, 1.165) is 18.6 Å². The van der Waals surface area contributed by atoms with Crippen molar-refractivity contribution >= 4 is 0 Å². The fourth-order valence-corrected chi connectivity index (χ4v) is 3.44. The highest BCUT2D eigenvalue weighted by molar-refractivity contribution is 5.27. The van der Waals surface area contributed by atoms with Gasteiger partial charge in [0.25, 0.3) is 0 Å². The van der Waals surface area contributed by atoms with Crippen LogP contribution in [0, 0.1) is 0 Å². The Bertz CT molecular complexity index is 421. The van der Waals surface area contributed by atoms with E-state index in [1.165, 1.54) is 37.9 Å². The molecule has 2 atom stereocenters. The summed E-state index contributed by atoms with van der Waals surface area (Å²) in [5, 5.41) is 9.52. The minimum absolute atomic E-state index is 0.376. The molecule has 2 heterocycles. The van der Waals surface area contributed by atoms with Crippen molar-refractivity contribution in [1.82, 2.24) is 9.80 Å². The zero-order valence-corrected chi connectivity index (χ0v) is 11.0. The lowest BCUT2D eigenvalue weighted by atomic mass is 10.1. The van der Waals surface area contributed by atoms with Crippen molar-refractivity contribution in [1.29, 1.82) is 0 Å². The van der Waals surface area contributed by atoms with Crippen molar-refractivity contribution in [3.05, 3.63) is 29.8 Å². The van der Waals surface area contributed by atoms with Crippen LogP contribution in [0.2, 0.25) is 0 Å². The highest BCUT2D eigenvalue weighted by atomic mass is 16.3. The van der Waals surface area contributed by atoms with Crippen LogP contribution in [0.1, 0.15) is 24.8 Å². The third kappa shape index (κ3) is 2.38. The van der Waals surface area contributed by atoms with Crippen LogP contribution in [-0.4, -0.2) is 47.1 Å². The fraction of sp³-hybridized carbons (Fsp3) is 0.600. The first-order valence-corrected chi connectivity index (χ1v) is 6.94. The van der Waals surface area contributed by atoms with E-state index in [-0.39, 0.29) is 0 Å². The maximum absolute atomic E-state index is 9.52. The highest BCUT2D eigenvalue weighted by Gasteiger charge is 2.34. The number of phenolic OH excluding ortho intramolecular Hbond substituents is 1. The van der Waals surface area contributed by atoms with Crippen molar-refractivity contribution in [3.63, 3.8) is 0 Å². The molecule has 0 saturated carbocycles. The minimum atomic E-state index is 0.376. The molecule has 3 nitrogen and oxygen atoms in total. The van der Waals surface area contributed by atoms with E-state index < -0.39 is 0 Å². The molecule has 1 aromatic rings. The van der Waals surface area contributed by atoms with Crippen molar-refractivity contribution in [2.24, 2.45) is 0 Å². The van der Waals surface area contributed by atoms with E-state index in [2.05, 4.69) is 22.9 Å². The molecule has 1 aromatic carbocycles. The average molecular weight is 246 g/mol. The molecule has 3 heteroatoms. The Hall–Kier alpha value is -1.06. The van der Waals surface area contributed by atoms with Crippen LogP contribution in [0.4, 0.5) is 0 Å². The van der Waals surface area contributed by atoms with Gasteiger partial charge < -0.3 is 5.11 Å².